The second kappa shape index (κ2) is 7.95. The molecule has 31 heavy (non-hydrogen) atoms. The number of Topliss-reactive ketones (excluding diaryl/α,β-unsaturated/α-hetero) is 1. The lowest BCUT2D eigenvalue weighted by Crippen LogP contribution is -2.62. The van der Waals surface area contributed by atoms with Crippen LogP contribution in [0.25, 0.3) is 0 Å². The molecule has 3 aromatic carbocycles. The number of hydrogen-bond acceptors (Lipinski definition) is 3. The van der Waals surface area contributed by atoms with Gasteiger partial charge in [0.25, 0.3) is 0 Å². The number of rotatable bonds is 6. The number of carbonyl (C=O) groups excluding carboxylic acids is 2. The summed E-state index contributed by atoms with van der Waals surface area (Å²) in [5, 5.41) is 9.65. The Morgan fingerprint density at radius 3 is 2.06 bits per heavy atom. The van der Waals surface area contributed by atoms with Gasteiger partial charge in [0.05, 0.1) is 11.5 Å². The number of aromatic hydroxyl groups is 1. The van der Waals surface area contributed by atoms with E-state index >= 15 is 0 Å². The van der Waals surface area contributed by atoms with Crippen LogP contribution >= 0.6 is 0 Å². The number of nitrogens with zero attached hydrogens (tertiary/aromatic N) is 1. The zero-order chi connectivity index (χ0) is 22.2. The maximum atomic E-state index is 13.4. The van der Waals surface area contributed by atoms with Gasteiger partial charge in [-0.3, -0.25) is 9.59 Å². The molecule has 0 aromatic heterocycles. The van der Waals surface area contributed by atoms with Crippen LogP contribution in [0.15, 0.2) is 72.8 Å². The average molecular weight is 421 g/mol. The van der Waals surface area contributed by atoms with E-state index in [-0.39, 0.29) is 29.9 Å². The van der Waals surface area contributed by atoms with Crippen LogP contribution in [0.5, 0.6) is 5.75 Å². The minimum Gasteiger partial charge on any atom is -0.508 e. The zero-order valence-electron chi connectivity index (χ0n) is 16.9. The first-order valence-corrected chi connectivity index (χ1v) is 9.96. The van der Waals surface area contributed by atoms with Gasteiger partial charge < -0.3 is 10.0 Å². The van der Waals surface area contributed by atoms with Gasteiger partial charge >= 0.3 is 0 Å². The van der Waals surface area contributed by atoms with Crippen molar-refractivity contribution in [2.24, 2.45) is 5.41 Å². The van der Waals surface area contributed by atoms with Crippen LogP contribution in [0.3, 0.4) is 0 Å². The number of amides is 1. The standard InChI is InChI=1S/C25H21F2NO3/c1-25(15-14-22(30)16-2-6-18(26)7-3-16)23(17-4-12-21(29)13-5-17)28(24(25)31)20-10-8-19(27)9-11-20/h2-13,23,29H,14-15H2,1H3. The van der Waals surface area contributed by atoms with Crippen LogP contribution in [-0.4, -0.2) is 16.8 Å². The highest BCUT2D eigenvalue weighted by molar-refractivity contribution is 6.06. The molecule has 1 N–H and O–H groups in total. The highest BCUT2D eigenvalue weighted by atomic mass is 19.1. The van der Waals surface area contributed by atoms with Crippen molar-refractivity contribution < 1.29 is 23.5 Å². The Morgan fingerprint density at radius 2 is 1.48 bits per heavy atom. The number of phenols is 1. The van der Waals surface area contributed by atoms with Crippen LogP contribution in [-0.2, 0) is 4.79 Å². The molecular weight excluding hydrogens is 400 g/mol. The van der Waals surface area contributed by atoms with Gasteiger partial charge in [0.15, 0.2) is 5.78 Å². The second-order valence-corrected chi connectivity index (χ2v) is 7.99. The van der Waals surface area contributed by atoms with Crippen LogP contribution in [0.4, 0.5) is 14.5 Å². The first kappa shape index (κ1) is 20.7. The SMILES string of the molecule is CC1(CCC(=O)c2ccc(F)cc2)C(=O)N(c2ccc(F)cc2)C1c1ccc(O)cc1. The summed E-state index contributed by atoms with van der Waals surface area (Å²) in [4.78, 5) is 27.4. The molecule has 0 bridgehead atoms. The van der Waals surface area contributed by atoms with Crippen LogP contribution in [0.1, 0.15) is 41.7 Å². The van der Waals surface area contributed by atoms with Crippen LogP contribution in [0, 0.1) is 17.0 Å². The molecule has 158 valence electrons. The van der Waals surface area contributed by atoms with Crippen LogP contribution < -0.4 is 4.90 Å². The Hall–Kier alpha value is -3.54. The van der Waals surface area contributed by atoms with Crippen molar-refractivity contribution in [3.63, 3.8) is 0 Å². The van der Waals surface area contributed by atoms with Gasteiger partial charge in [-0.2, -0.15) is 0 Å². The molecule has 1 heterocycles. The van der Waals surface area contributed by atoms with Crippen molar-refractivity contribution in [2.45, 2.75) is 25.8 Å². The van der Waals surface area contributed by atoms with Gasteiger partial charge in [0, 0.05) is 17.7 Å². The lowest BCUT2D eigenvalue weighted by molar-refractivity contribution is -0.139. The number of carbonyl (C=O) groups is 2. The summed E-state index contributed by atoms with van der Waals surface area (Å²) in [5.41, 5.74) is 0.903. The largest absolute Gasteiger partial charge is 0.508 e. The normalized spacial score (nSPS) is 20.4. The van der Waals surface area contributed by atoms with E-state index in [0.717, 1.165) is 5.56 Å². The summed E-state index contributed by atoms with van der Waals surface area (Å²) in [6, 6.07) is 17.2. The number of β-lactam (4-membered cyclic amide) rings is 1. The van der Waals surface area contributed by atoms with Gasteiger partial charge in [0.2, 0.25) is 5.91 Å². The molecule has 2 atom stereocenters. The molecule has 0 aliphatic carbocycles. The number of ketones is 1. The molecule has 1 aliphatic heterocycles. The van der Waals surface area contributed by atoms with E-state index in [9.17, 15) is 23.5 Å². The Bertz CT molecular complexity index is 1110. The fraction of sp³-hybridized carbons (Fsp3) is 0.200. The molecule has 6 heteroatoms. The fourth-order valence-electron chi connectivity index (χ4n) is 4.17. The maximum Gasteiger partial charge on any atom is 0.235 e. The minimum atomic E-state index is -0.860. The number of anilines is 1. The van der Waals surface area contributed by atoms with E-state index in [1.165, 1.54) is 36.4 Å². The number of hydrogen-bond donors (Lipinski definition) is 1. The van der Waals surface area contributed by atoms with E-state index < -0.39 is 17.0 Å². The smallest absolute Gasteiger partial charge is 0.235 e. The van der Waals surface area contributed by atoms with Crippen molar-refractivity contribution in [2.75, 3.05) is 4.90 Å². The lowest BCUT2D eigenvalue weighted by atomic mass is 9.66. The Morgan fingerprint density at radius 1 is 0.935 bits per heavy atom. The summed E-state index contributed by atoms with van der Waals surface area (Å²) >= 11 is 0. The molecule has 0 radical (unpaired) electrons. The molecule has 3 aromatic rings. The van der Waals surface area contributed by atoms with Crippen molar-refractivity contribution >= 4 is 17.4 Å². The Kier molecular flexibility index (Phi) is 5.31. The molecular formula is C25H21F2NO3. The monoisotopic (exact) mass is 421 g/mol. The van der Waals surface area contributed by atoms with E-state index in [1.807, 2.05) is 6.92 Å². The van der Waals surface area contributed by atoms with E-state index in [1.54, 1.807) is 41.3 Å². The van der Waals surface area contributed by atoms with E-state index in [0.29, 0.717) is 17.7 Å². The van der Waals surface area contributed by atoms with E-state index in [4.69, 9.17) is 0 Å². The fourth-order valence-corrected chi connectivity index (χ4v) is 4.17. The molecule has 0 saturated carbocycles. The van der Waals surface area contributed by atoms with Gasteiger partial charge in [0.1, 0.15) is 17.4 Å². The number of phenolic OH excluding ortho intramolecular Hbond substituents is 1. The molecule has 4 rings (SSSR count). The third-order valence-corrected chi connectivity index (χ3v) is 5.92. The quantitative estimate of drug-likeness (QED) is 0.427. The molecule has 1 amide bonds. The topological polar surface area (TPSA) is 57.6 Å². The highest BCUT2D eigenvalue weighted by Gasteiger charge is 2.58. The predicted molar refractivity (Wildman–Crippen MR) is 113 cm³/mol. The second-order valence-electron chi connectivity index (χ2n) is 7.99. The van der Waals surface area contributed by atoms with Crippen molar-refractivity contribution in [1.82, 2.24) is 0 Å². The summed E-state index contributed by atoms with van der Waals surface area (Å²) in [6.45, 7) is 1.81. The van der Waals surface area contributed by atoms with Gasteiger partial charge in [-0.05, 0) is 79.6 Å². The summed E-state index contributed by atoms with van der Waals surface area (Å²) in [5.74, 6) is -1.04. The molecule has 4 nitrogen and oxygen atoms in total. The first-order chi connectivity index (χ1) is 14.8. The third-order valence-electron chi connectivity index (χ3n) is 5.92. The third kappa shape index (κ3) is 3.81. The molecule has 2 unspecified atom stereocenters. The van der Waals surface area contributed by atoms with Gasteiger partial charge in [-0.25, -0.2) is 8.78 Å². The molecule has 0 spiro atoms. The molecule has 1 fully saturated rings. The molecule has 1 aliphatic rings. The maximum absolute atomic E-state index is 13.4. The number of benzene rings is 3. The van der Waals surface area contributed by atoms with Gasteiger partial charge in [-0.15, -0.1) is 0 Å². The lowest BCUT2D eigenvalue weighted by Gasteiger charge is -2.55. The van der Waals surface area contributed by atoms with Gasteiger partial charge in [-0.1, -0.05) is 12.1 Å². The average Bonchev–Trinajstić information content (AvgIpc) is 2.77. The van der Waals surface area contributed by atoms with E-state index in [2.05, 4.69) is 0 Å². The predicted octanol–water partition coefficient (Wildman–Crippen LogP) is 5.43. The summed E-state index contributed by atoms with van der Waals surface area (Å²) in [7, 11) is 0. The Labute approximate surface area is 178 Å². The first-order valence-electron chi connectivity index (χ1n) is 9.96. The van der Waals surface area contributed by atoms with Crippen LogP contribution in [0.2, 0.25) is 0 Å². The van der Waals surface area contributed by atoms with Crippen molar-refractivity contribution in [3.05, 3.63) is 95.6 Å². The Balaban J connectivity index is 1.62. The highest BCUT2D eigenvalue weighted by Crippen LogP contribution is 2.54. The summed E-state index contributed by atoms with van der Waals surface area (Å²) in [6.07, 6.45) is 0.422. The minimum absolute atomic E-state index is 0.107. The number of halogens is 2. The van der Waals surface area contributed by atoms with Crippen molar-refractivity contribution in [3.8, 4) is 5.75 Å². The summed E-state index contributed by atoms with van der Waals surface area (Å²) < 4.78 is 26.5. The van der Waals surface area contributed by atoms with Crippen molar-refractivity contribution in [1.29, 1.82) is 0 Å². The molecule has 1 saturated heterocycles. The zero-order valence-corrected chi connectivity index (χ0v) is 16.9.